The maximum Gasteiger partial charge on any atom is 0.171 e. The summed E-state index contributed by atoms with van der Waals surface area (Å²) in [6, 6.07) is 7.70. The van der Waals surface area contributed by atoms with Crippen LogP contribution in [0.5, 0.6) is 0 Å². The van der Waals surface area contributed by atoms with E-state index in [1.165, 1.54) is 11.9 Å². The van der Waals surface area contributed by atoms with Crippen LogP contribution in [0.4, 0.5) is 0 Å². The van der Waals surface area contributed by atoms with Crippen LogP contribution in [0.1, 0.15) is 28.8 Å². The van der Waals surface area contributed by atoms with Crippen LogP contribution in [0, 0.1) is 6.92 Å². The van der Waals surface area contributed by atoms with Gasteiger partial charge in [0.25, 0.3) is 0 Å². The van der Waals surface area contributed by atoms with Gasteiger partial charge in [-0.25, -0.2) is 14.6 Å². The smallest absolute Gasteiger partial charge is 0.171 e. The van der Waals surface area contributed by atoms with Crippen molar-refractivity contribution in [2.75, 3.05) is 0 Å². The highest BCUT2D eigenvalue weighted by Crippen LogP contribution is 2.16. The van der Waals surface area contributed by atoms with E-state index in [1.807, 2.05) is 31.2 Å². The molecule has 0 saturated carbocycles. The van der Waals surface area contributed by atoms with Crippen molar-refractivity contribution in [2.24, 2.45) is 5.73 Å². The first-order valence-electron chi connectivity index (χ1n) is 6.28. The van der Waals surface area contributed by atoms with E-state index in [9.17, 15) is 0 Å². The number of aryl methyl sites for hydroxylation is 1. The van der Waals surface area contributed by atoms with Crippen molar-refractivity contribution in [1.82, 2.24) is 29.9 Å². The van der Waals surface area contributed by atoms with Crippen LogP contribution in [0.25, 0.3) is 0 Å². The summed E-state index contributed by atoms with van der Waals surface area (Å²) in [6.07, 6.45) is 3.11. The van der Waals surface area contributed by atoms with E-state index in [1.54, 1.807) is 11.0 Å². The largest absolute Gasteiger partial charge is 0.318 e. The maximum absolute atomic E-state index is 6.17. The second-order valence-corrected chi connectivity index (χ2v) is 4.62. The summed E-state index contributed by atoms with van der Waals surface area (Å²) in [5, 5.41) is 11.1. The molecule has 0 amide bonds. The Morgan fingerprint density at radius 3 is 2.80 bits per heavy atom. The molecule has 2 heterocycles. The van der Waals surface area contributed by atoms with Crippen LogP contribution >= 0.6 is 0 Å². The molecule has 0 radical (unpaired) electrons. The lowest BCUT2D eigenvalue weighted by Gasteiger charge is -2.07. The molecule has 0 spiro atoms. The lowest BCUT2D eigenvalue weighted by molar-refractivity contribution is 0.655. The van der Waals surface area contributed by atoms with Crippen molar-refractivity contribution < 1.29 is 0 Å². The highest BCUT2D eigenvalue weighted by atomic mass is 15.3. The first kappa shape index (κ1) is 12.5. The predicted molar refractivity (Wildman–Crippen MR) is 72.7 cm³/mol. The van der Waals surface area contributed by atoms with Gasteiger partial charge in [0.05, 0.1) is 6.04 Å². The Morgan fingerprint density at radius 2 is 2.10 bits per heavy atom. The summed E-state index contributed by atoms with van der Waals surface area (Å²) in [6.45, 7) is 2.53. The lowest BCUT2D eigenvalue weighted by Crippen LogP contribution is -2.13. The Labute approximate surface area is 115 Å². The van der Waals surface area contributed by atoms with E-state index >= 15 is 0 Å². The Hall–Kier alpha value is -2.54. The van der Waals surface area contributed by atoms with E-state index in [4.69, 9.17) is 5.73 Å². The van der Waals surface area contributed by atoms with Crippen molar-refractivity contribution in [1.29, 1.82) is 0 Å². The Balaban J connectivity index is 1.77. The normalized spacial score (nSPS) is 12.5. The van der Waals surface area contributed by atoms with Gasteiger partial charge in [-0.3, -0.25) is 5.10 Å². The number of aromatic nitrogens is 6. The van der Waals surface area contributed by atoms with E-state index in [2.05, 4.69) is 25.3 Å². The fourth-order valence-corrected chi connectivity index (χ4v) is 1.91. The molecule has 1 unspecified atom stereocenters. The first-order valence-corrected chi connectivity index (χ1v) is 6.28. The van der Waals surface area contributed by atoms with Crippen molar-refractivity contribution in [3.63, 3.8) is 0 Å². The number of hydrogen-bond donors (Lipinski definition) is 2. The molecule has 20 heavy (non-hydrogen) atoms. The molecular formula is C13H15N7. The Bertz CT molecular complexity index is 669. The van der Waals surface area contributed by atoms with Crippen LogP contribution in [0.15, 0.2) is 36.9 Å². The van der Waals surface area contributed by atoms with E-state index in [0.717, 1.165) is 5.56 Å². The number of nitrogens with one attached hydrogen (secondary N) is 1. The molecule has 1 aromatic carbocycles. The SMILES string of the molecule is Cc1ccc(C(N)c2n[nH]c(Cn3cncn3)n2)cc1. The molecule has 3 N–H and O–H groups in total. The summed E-state index contributed by atoms with van der Waals surface area (Å²) in [4.78, 5) is 8.28. The molecule has 2 aromatic heterocycles. The summed E-state index contributed by atoms with van der Waals surface area (Å²) in [5.41, 5.74) is 8.36. The summed E-state index contributed by atoms with van der Waals surface area (Å²) < 4.78 is 1.67. The van der Waals surface area contributed by atoms with E-state index in [-0.39, 0.29) is 6.04 Å². The van der Waals surface area contributed by atoms with E-state index < -0.39 is 0 Å². The molecule has 0 bridgehead atoms. The molecule has 0 saturated heterocycles. The molecule has 7 nitrogen and oxygen atoms in total. The number of nitrogens with zero attached hydrogens (tertiary/aromatic N) is 5. The molecule has 0 fully saturated rings. The highest BCUT2D eigenvalue weighted by molar-refractivity contribution is 5.27. The van der Waals surface area contributed by atoms with Gasteiger partial charge in [-0.05, 0) is 12.5 Å². The van der Waals surface area contributed by atoms with Crippen LogP contribution in [-0.4, -0.2) is 29.9 Å². The van der Waals surface area contributed by atoms with E-state index in [0.29, 0.717) is 18.2 Å². The first-order chi connectivity index (χ1) is 9.72. The second kappa shape index (κ2) is 5.22. The molecule has 0 aliphatic heterocycles. The van der Waals surface area contributed by atoms with Gasteiger partial charge in [0.15, 0.2) is 5.82 Å². The van der Waals surface area contributed by atoms with Crippen LogP contribution in [-0.2, 0) is 6.54 Å². The molecular weight excluding hydrogens is 254 g/mol. The van der Waals surface area contributed by atoms with Gasteiger partial charge in [0, 0.05) is 0 Å². The fourth-order valence-electron chi connectivity index (χ4n) is 1.91. The molecule has 3 rings (SSSR count). The van der Waals surface area contributed by atoms with Crippen molar-refractivity contribution in [3.05, 3.63) is 59.7 Å². The quantitative estimate of drug-likeness (QED) is 0.730. The number of H-pyrrole nitrogens is 1. The number of benzene rings is 1. The molecule has 0 aliphatic rings. The zero-order chi connectivity index (χ0) is 13.9. The minimum Gasteiger partial charge on any atom is -0.318 e. The second-order valence-electron chi connectivity index (χ2n) is 4.62. The van der Waals surface area contributed by atoms with Crippen molar-refractivity contribution in [2.45, 2.75) is 19.5 Å². The topological polar surface area (TPSA) is 98.3 Å². The van der Waals surface area contributed by atoms with Crippen LogP contribution < -0.4 is 5.73 Å². The summed E-state index contributed by atoms with van der Waals surface area (Å²) >= 11 is 0. The van der Waals surface area contributed by atoms with Gasteiger partial charge in [-0.2, -0.15) is 10.2 Å². The standard InChI is InChI=1S/C13H15N7/c1-9-2-4-10(5-3-9)12(14)13-17-11(18-19-13)6-20-8-15-7-16-20/h2-5,7-8,12H,6,14H2,1H3,(H,17,18,19). The van der Waals surface area contributed by atoms with Crippen molar-refractivity contribution in [3.8, 4) is 0 Å². The van der Waals surface area contributed by atoms with Crippen molar-refractivity contribution >= 4 is 0 Å². The molecule has 0 aliphatic carbocycles. The van der Waals surface area contributed by atoms with Gasteiger partial charge < -0.3 is 5.73 Å². The zero-order valence-corrected chi connectivity index (χ0v) is 11.1. The van der Waals surface area contributed by atoms with Gasteiger partial charge in [0.2, 0.25) is 0 Å². The Kier molecular flexibility index (Phi) is 3.26. The maximum atomic E-state index is 6.17. The predicted octanol–water partition coefficient (Wildman–Crippen LogP) is 0.801. The number of nitrogens with two attached hydrogens (primary N) is 1. The van der Waals surface area contributed by atoms with Gasteiger partial charge >= 0.3 is 0 Å². The number of aromatic amines is 1. The average molecular weight is 269 g/mol. The van der Waals surface area contributed by atoms with Gasteiger partial charge in [0.1, 0.15) is 25.0 Å². The number of hydrogen-bond acceptors (Lipinski definition) is 5. The third kappa shape index (κ3) is 2.57. The third-order valence-electron chi connectivity index (χ3n) is 3.04. The minimum atomic E-state index is -0.337. The molecule has 3 aromatic rings. The summed E-state index contributed by atoms with van der Waals surface area (Å²) in [5.74, 6) is 1.28. The number of rotatable bonds is 4. The highest BCUT2D eigenvalue weighted by Gasteiger charge is 2.14. The molecule has 1 atom stereocenters. The van der Waals surface area contributed by atoms with Crippen LogP contribution in [0.3, 0.4) is 0 Å². The molecule has 7 heteroatoms. The van der Waals surface area contributed by atoms with Crippen LogP contribution in [0.2, 0.25) is 0 Å². The fraction of sp³-hybridized carbons (Fsp3) is 0.231. The zero-order valence-electron chi connectivity index (χ0n) is 11.1. The molecule has 102 valence electrons. The van der Waals surface area contributed by atoms with Gasteiger partial charge in [-0.15, -0.1) is 0 Å². The van der Waals surface area contributed by atoms with Gasteiger partial charge in [-0.1, -0.05) is 29.8 Å². The Morgan fingerprint density at radius 1 is 1.30 bits per heavy atom. The third-order valence-corrected chi connectivity index (χ3v) is 3.04. The summed E-state index contributed by atoms with van der Waals surface area (Å²) in [7, 11) is 0. The average Bonchev–Trinajstić information content (AvgIpc) is 3.11. The monoisotopic (exact) mass is 269 g/mol. The lowest BCUT2D eigenvalue weighted by atomic mass is 10.1. The minimum absolute atomic E-state index is 0.337.